The van der Waals surface area contributed by atoms with E-state index < -0.39 is 0 Å². The number of nitrogens with zero attached hydrogens (tertiary/aromatic N) is 2. The van der Waals surface area contributed by atoms with Gasteiger partial charge in [-0.25, -0.2) is 4.98 Å². The molecule has 5 heteroatoms. The molecular formula is C11H17N3OS. The maximum atomic E-state index is 9.62. The van der Waals surface area contributed by atoms with Crippen LogP contribution in [0.5, 0.6) is 0 Å². The molecule has 0 aliphatic heterocycles. The Balaban J connectivity index is 1.84. The van der Waals surface area contributed by atoms with Crippen molar-refractivity contribution in [2.24, 2.45) is 5.92 Å². The van der Waals surface area contributed by atoms with Gasteiger partial charge in [-0.15, -0.1) is 11.3 Å². The smallest absolute Gasteiger partial charge is 0.193 e. The molecule has 0 spiro atoms. The van der Waals surface area contributed by atoms with Crippen molar-refractivity contribution in [1.82, 2.24) is 14.7 Å². The van der Waals surface area contributed by atoms with Gasteiger partial charge in [0.2, 0.25) is 0 Å². The summed E-state index contributed by atoms with van der Waals surface area (Å²) in [5.74, 6) is 0.290. The predicted octanol–water partition coefficient (Wildman–Crippen LogP) is 1.50. The largest absolute Gasteiger partial charge is 0.392 e. The molecule has 2 heterocycles. The van der Waals surface area contributed by atoms with E-state index >= 15 is 0 Å². The second-order valence-corrected chi connectivity index (χ2v) is 5.14. The molecule has 0 radical (unpaired) electrons. The number of hydrogen-bond donors (Lipinski definition) is 2. The Hall–Kier alpha value is -0.910. The Kier molecular flexibility index (Phi) is 3.58. The van der Waals surface area contributed by atoms with Crippen LogP contribution in [-0.2, 0) is 6.54 Å². The Labute approximate surface area is 98.9 Å². The molecule has 88 valence electrons. The van der Waals surface area contributed by atoms with Crippen molar-refractivity contribution in [3.63, 3.8) is 0 Å². The predicted molar refractivity (Wildman–Crippen MR) is 65.6 cm³/mol. The fourth-order valence-electron chi connectivity index (χ4n) is 1.45. The standard InChI is InChI=1S/C11H17N3OS/c1-8(2)10(15)6-12-5-9-7-14-3-4-16-11(14)13-9/h3-4,7-8,10,12,15H,5-6H2,1-2H3. The highest BCUT2D eigenvalue weighted by Crippen LogP contribution is 2.11. The zero-order valence-electron chi connectivity index (χ0n) is 9.55. The van der Waals surface area contributed by atoms with E-state index in [9.17, 15) is 5.11 Å². The molecule has 0 saturated carbocycles. The maximum Gasteiger partial charge on any atom is 0.193 e. The monoisotopic (exact) mass is 239 g/mol. The molecule has 0 fully saturated rings. The van der Waals surface area contributed by atoms with Crippen LogP contribution in [0.25, 0.3) is 4.96 Å². The summed E-state index contributed by atoms with van der Waals surface area (Å²) in [5.41, 5.74) is 1.02. The van der Waals surface area contributed by atoms with E-state index in [-0.39, 0.29) is 12.0 Å². The SMILES string of the molecule is CC(C)C(O)CNCc1cn2ccsc2n1. The van der Waals surface area contributed by atoms with Crippen molar-refractivity contribution >= 4 is 16.3 Å². The fraction of sp³-hybridized carbons (Fsp3) is 0.545. The number of aliphatic hydroxyl groups excluding tert-OH is 1. The number of thiazole rings is 1. The number of nitrogens with one attached hydrogen (secondary N) is 1. The summed E-state index contributed by atoms with van der Waals surface area (Å²) in [7, 11) is 0. The molecule has 1 atom stereocenters. The van der Waals surface area contributed by atoms with E-state index in [4.69, 9.17) is 0 Å². The van der Waals surface area contributed by atoms with Gasteiger partial charge in [0.1, 0.15) is 0 Å². The van der Waals surface area contributed by atoms with Crippen molar-refractivity contribution in [1.29, 1.82) is 0 Å². The van der Waals surface area contributed by atoms with Gasteiger partial charge in [0.25, 0.3) is 0 Å². The Morgan fingerprint density at radius 3 is 3.06 bits per heavy atom. The Morgan fingerprint density at radius 1 is 1.56 bits per heavy atom. The zero-order valence-corrected chi connectivity index (χ0v) is 10.4. The van der Waals surface area contributed by atoms with Crippen LogP contribution in [0.1, 0.15) is 19.5 Å². The molecule has 0 aliphatic carbocycles. The van der Waals surface area contributed by atoms with Crippen molar-refractivity contribution in [2.75, 3.05) is 6.54 Å². The highest BCUT2D eigenvalue weighted by atomic mass is 32.1. The number of imidazole rings is 1. The summed E-state index contributed by atoms with van der Waals surface area (Å²) < 4.78 is 2.01. The summed E-state index contributed by atoms with van der Waals surface area (Å²) in [6.07, 6.45) is 3.73. The lowest BCUT2D eigenvalue weighted by molar-refractivity contribution is 0.123. The van der Waals surface area contributed by atoms with E-state index in [1.165, 1.54) is 0 Å². The third kappa shape index (κ3) is 2.61. The van der Waals surface area contributed by atoms with Gasteiger partial charge in [-0.3, -0.25) is 4.40 Å². The van der Waals surface area contributed by atoms with Crippen LogP contribution in [0.3, 0.4) is 0 Å². The van der Waals surface area contributed by atoms with Crippen molar-refractivity contribution < 1.29 is 5.11 Å². The summed E-state index contributed by atoms with van der Waals surface area (Å²) in [5, 5.41) is 14.8. The number of aromatic nitrogens is 2. The Bertz CT molecular complexity index is 420. The normalized spacial score (nSPS) is 13.8. The van der Waals surface area contributed by atoms with Gasteiger partial charge >= 0.3 is 0 Å². The van der Waals surface area contributed by atoms with Crippen molar-refractivity contribution in [2.45, 2.75) is 26.5 Å². The topological polar surface area (TPSA) is 49.6 Å². The third-order valence-electron chi connectivity index (χ3n) is 2.57. The van der Waals surface area contributed by atoms with Crippen molar-refractivity contribution in [3.8, 4) is 0 Å². The van der Waals surface area contributed by atoms with E-state index in [1.54, 1.807) is 11.3 Å². The first-order chi connectivity index (χ1) is 7.66. The van der Waals surface area contributed by atoms with Crippen LogP contribution < -0.4 is 5.32 Å². The van der Waals surface area contributed by atoms with E-state index in [0.29, 0.717) is 13.1 Å². The number of fused-ring (bicyclic) bond motifs is 1. The van der Waals surface area contributed by atoms with Gasteiger partial charge in [-0.1, -0.05) is 13.8 Å². The van der Waals surface area contributed by atoms with Crippen LogP contribution >= 0.6 is 11.3 Å². The van der Waals surface area contributed by atoms with Crippen LogP contribution in [0.4, 0.5) is 0 Å². The molecule has 0 saturated heterocycles. The van der Waals surface area contributed by atoms with Crippen LogP contribution in [0.15, 0.2) is 17.8 Å². The summed E-state index contributed by atoms with van der Waals surface area (Å²) in [6.45, 7) is 5.35. The van der Waals surface area contributed by atoms with E-state index in [2.05, 4.69) is 10.3 Å². The van der Waals surface area contributed by atoms with Crippen LogP contribution in [0.2, 0.25) is 0 Å². The van der Waals surface area contributed by atoms with Gasteiger partial charge in [-0.2, -0.15) is 0 Å². The van der Waals surface area contributed by atoms with Gasteiger partial charge in [0.15, 0.2) is 4.96 Å². The minimum atomic E-state index is -0.288. The average molecular weight is 239 g/mol. The molecule has 0 bridgehead atoms. The van der Waals surface area contributed by atoms with Gasteiger partial charge in [0, 0.05) is 30.9 Å². The van der Waals surface area contributed by atoms with Gasteiger partial charge in [-0.05, 0) is 5.92 Å². The van der Waals surface area contributed by atoms with E-state index in [0.717, 1.165) is 10.7 Å². The first-order valence-electron chi connectivity index (χ1n) is 5.46. The molecule has 16 heavy (non-hydrogen) atoms. The maximum absolute atomic E-state index is 9.62. The number of hydrogen-bond acceptors (Lipinski definition) is 4. The molecule has 1 unspecified atom stereocenters. The minimum Gasteiger partial charge on any atom is -0.392 e. The first-order valence-corrected chi connectivity index (χ1v) is 6.34. The molecule has 0 aliphatic rings. The number of aliphatic hydroxyl groups is 1. The lowest BCUT2D eigenvalue weighted by Crippen LogP contribution is -2.30. The minimum absolute atomic E-state index is 0.288. The average Bonchev–Trinajstić information content (AvgIpc) is 2.77. The molecule has 4 nitrogen and oxygen atoms in total. The molecule has 0 amide bonds. The van der Waals surface area contributed by atoms with Crippen LogP contribution in [-0.4, -0.2) is 27.1 Å². The van der Waals surface area contributed by atoms with E-state index in [1.807, 2.05) is 36.0 Å². The first kappa shape index (κ1) is 11.6. The quantitative estimate of drug-likeness (QED) is 0.831. The molecule has 2 aromatic rings. The highest BCUT2D eigenvalue weighted by Gasteiger charge is 2.08. The van der Waals surface area contributed by atoms with Gasteiger partial charge in [0.05, 0.1) is 11.8 Å². The second kappa shape index (κ2) is 4.95. The molecular weight excluding hydrogens is 222 g/mol. The summed E-state index contributed by atoms with van der Waals surface area (Å²) in [6, 6.07) is 0. The Morgan fingerprint density at radius 2 is 2.38 bits per heavy atom. The zero-order chi connectivity index (χ0) is 11.5. The summed E-state index contributed by atoms with van der Waals surface area (Å²) in [4.78, 5) is 5.47. The third-order valence-corrected chi connectivity index (χ3v) is 3.34. The molecule has 0 aromatic carbocycles. The van der Waals surface area contributed by atoms with Crippen LogP contribution in [0, 0.1) is 5.92 Å². The number of rotatable bonds is 5. The van der Waals surface area contributed by atoms with Crippen molar-refractivity contribution in [3.05, 3.63) is 23.5 Å². The lowest BCUT2D eigenvalue weighted by Gasteiger charge is -2.14. The second-order valence-electron chi connectivity index (χ2n) is 4.27. The highest BCUT2D eigenvalue weighted by molar-refractivity contribution is 7.15. The molecule has 2 aromatic heterocycles. The lowest BCUT2D eigenvalue weighted by atomic mass is 10.1. The molecule has 2 rings (SSSR count). The summed E-state index contributed by atoms with van der Waals surface area (Å²) >= 11 is 1.63. The molecule has 2 N–H and O–H groups in total. The van der Waals surface area contributed by atoms with Gasteiger partial charge < -0.3 is 10.4 Å². The fourth-order valence-corrected chi connectivity index (χ4v) is 2.16.